The average molecular weight is 456 g/mol. The van der Waals surface area contributed by atoms with Crippen molar-refractivity contribution in [2.75, 3.05) is 33.2 Å². The van der Waals surface area contributed by atoms with E-state index in [1.54, 1.807) is 51.7 Å². The predicted molar refractivity (Wildman–Crippen MR) is 125 cm³/mol. The van der Waals surface area contributed by atoms with Crippen LogP contribution in [0.1, 0.15) is 11.1 Å². The number of methoxy groups -OCH3 is 4. The van der Waals surface area contributed by atoms with Gasteiger partial charge in [-0.2, -0.15) is 0 Å². The summed E-state index contributed by atoms with van der Waals surface area (Å²) in [4.78, 5) is 0.167. The van der Waals surface area contributed by atoms with E-state index in [0.717, 1.165) is 11.1 Å². The molecule has 0 amide bonds. The van der Waals surface area contributed by atoms with Crippen LogP contribution in [0.4, 0.5) is 5.69 Å². The van der Waals surface area contributed by atoms with Crippen LogP contribution >= 0.6 is 0 Å². The van der Waals surface area contributed by atoms with Crippen molar-refractivity contribution in [3.63, 3.8) is 0 Å². The van der Waals surface area contributed by atoms with E-state index in [1.807, 2.05) is 30.4 Å². The Labute approximate surface area is 188 Å². The first-order chi connectivity index (χ1) is 15.4. The largest absolute Gasteiger partial charge is 0.495 e. The molecule has 3 aromatic carbocycles. The van der Waals surface area contributed by atoms with Gasteiger partial charge in [0.1, 0.15) is 5.75 Å². The van der Waals surface area contributed by atoms with Crippen LogP contribution in [0.15, 0.2) is 65.6 Å². The number of benzene rings is 3. The molecule has 0 spiro atoms. The molecule has 3 rings (SSSR count). The Morgan fingerprint density at radius 1 is 0.688 bits per heavy atom. The molecule has 8 heteroatoms. The second-order valence-electron chi connectivity index (χ2n) is 6.67. The van der Waals surface area contributed by atoms with Gasteiger partial charge in [0.15, 0.2) is 11.5 Å². The van der Waals surface area contributed by atoms with Crippen LogP contribution in [0.3, 0.4) is 0 Å². The van der Waals surface area contributed by atoms with E-state index < -0.39 is 10.0 Å². The minimum Gasteiger partial charge on any atom is -0.495 e. The zero-order chi connectivity index (χ0) is 23.1. The summed E-state index contributed by atoms with van der Waals surface area (Å²) in [5, 5.41) is 0. The molecule has 0 aliphatic carbocycles. The Morgan fingerprint density at radius 3 is 1.84 bits per heavy atom. The van der Waals surface area contributed by atoms with Gasteiger partial charge in [-0.15, -0.1) is 0 Å². The number of hydrogen-bond donors (Lipinski definition) is 1. The van der Waals surface area contributed by atoms with Gasteiger partial charge in [-0.05, 0) is 47.5 Å². The second kappa shape index (κ2) is 10.1. The van der Waals surface area contributed by atoms with E-state index in [1.165, 1.54) is 19.2 Å². The molecule has 0 atom stereocenters. The maximum atomic E-state index is 12.7. The fourth-order valence-electron chi connectivity index (χ4n) is 3.10. The van der Waals surface area contributed by atoms with Crippen molar-refractivity contribution in [1.29, 1.82) is 0 Å². The Bertz CT molecular complexity index is 1180. The molecule has 7 nitrogen and oxygen atoms in total. The van der Waals surface area contributed by atoms with Crippen molar-refractivity contribution >= 4 is 27.9 Å². The molecule has 0 saturated heterocycles. The molecule has 0 aliphatic rings. The molecule has 32 heavy (non-hydrogen) atoms. The molecule has 0 unspecified atom stereocenters. The fraction of sp³-hybridized carbons (Fsp3) is 0.167. The van der Waals surface area contributed by atoms with E-state index in [9.17, 15) is 8.42 Å². The highest BCUT2D eigenvalue weighted by Gasteiger charge is 2.16. The van der Waals surface area contributed by atoms with Gasteiger partial charge in [0, 0.05) is 0 Å². The van der Waals surface area contributed by atoms with Crippen LogP contribution in [0.5, 0.6) is 23.0 Å². The van der Waals surface area contributed by atoms with Crippen molar-refractivity contribution in [3.05, 3.63) is 71.8 Å². The first-order valence-corrected chi connectivity index (χ1v) is 11.1. The number of anilines is 1. The molecule has 0 radical (unpaired) electrons. The second-order valence-corrected chi connectivity index (χ2v) is 8.35. The summed E-state index contributed by atoms with van der Waals surface area (Å²) in [5.41, 5.74) is 1.93. The first-order valence-electron chi connectivity index (χ1n) is 9.66. The summed E-state index contributed by atoms with van der Waals surface area (Å²) in [5.74, 6) is 2.00. The van der Waals surface area contributed by atoms with Crippen LogP contribution < -0.4 is 23.7 Å². The number of sulfonamides is 1. The Morgan fingerprint density at radius 2 is 1.28 bits per heavy atom. The van der Waals surface area contributed by atoms with Gasteiger partial charge in [0.25, 0.3) is 10.0 Å². The fourth-order valence-corrected chi connectivity index (χ4v) is 4.18. The van der Waals surface area contributed by atoms with Gasteiger partial charge in [-0.1, -0.05) is 36.4 Å². The quantitative estimate of drug-likeness (QED) is 0.471. The smallest absolute Gasteiger partial charge is 0.262 e. The zero-order valence-corrected chi connectivity index (χ0v) is 19.1. The molecule has 0 fully saturated rings. The molecule has 1 N–H and O–H groups in total. The SMILES string of the molecule is COc1ccc(C=Cc2cc(OC)c(OC)c(OC)c2)cc1NS(=O)(=O)c1ccccc1. The topological polar surface area (TPSA) is 83.1 Å². The molecular weight excluding hydrogens is 430 g/mol. The molecule has 0 bridgehead atoms. The van der Waals surface area contributed by atoms with Gasteiger partial charge in [-0.25, -0.2) is 8.42 Å². The number of ether oxygens (including phenoxy) is 4. The molecule has 0 heterocycles. The summed E-state index contributed by atoms with van der Waals surface area (Å²) >= 11 is 0. The molecule has 0 saturated carbocycles. The monoisotopic (exact) mass is 455 g/mol. The minimum absolute atomic E-state index is 0.167. The third kappa shape index (κ3) is 5.15. The Kier molecular flexibility index (Phi) is 7.27. The van der Waals surface area contributed by atoms with Gasteiger partial charge in [0.05, 0.1) is 39.0 Å². The van der Waals surface area contributed by atoms with Crippen LogP contribution in [-0.4, -0.2) is 36.9 Å². The van der Waals surface area contributed by atoms with Crippen molar-refractivity contribution < 1.29 is 27.4 Å². The van der Waals surface area contributed by atoms with E-state index in [4.69, 9.17) is 18.9 Å². The summed E-state index contributed by atoms with van der Waals surface area (Å²) in [7, 11) is 2.39. The highest BCUT2D eigenvalue weighted by atomic mass is 32.2. The zero-order valence-electron chi connectivity index (χ0n) is 18.3. The molecule has 3 aromatic rings. The van der Waals surface area contributed by atoms with Crippen LogP contribution in [0.2, 0.25) is 0 Å². The number of nitrogens with one attached hydrogen (secondary N) is 1. The third-order valence-corrected chi connectivity index (χ3v) is 6.06. The van der Waals surface area contributed by atoms with Crippen molar-refractivity contribution in [2.45, 2.75) is 4.90 Å². The third-order valence-electron chi connectivity index (χ3n) is 4.68. The maximum Gasteiger partial charge on any atom is 0.262 e. The summed E-state index contributed by atoms with van der Waals surface area (Å²) in [6.07, 6.45) is 3.71. The van der Waals surface area contributed by atoms with Crippen molar-refractivity contribution in [1.82, 2.24) is 0 Å². The van der Waals surface area contributed by atoms with Gasteiger partial charge in [0.2, 0.25) is 5.75 Å². The summed E-state index contributed by atoms with van der Waals surface area (Å²) in [6.45, 7) is 0. The molecule has 168 valence electrons. The summed E-state index contributed by atoms with van der Waals surface area (Å²) < 4.78 is 49.5. The van der Waals surface area contributed by atoms with Gasteiger partial charge in [-0.3, -0.25) is 4.72 Å². The minimum atomic E-state index is -3.76. The van der Waals surface area contributed by atoms with Gasteiger partial charge < -0.3 is 18.9 Å². The lowest BCUT2D eigenvalue weighted by Crippen LogP contribution is -2.13. The number of hydrogen-bond acceptors (Lipinski definition) is 6. The van der Waals surface area contributed by atoms with E-state index in [0.29, 0.717) is 28.7 Å². The highest BCUT2D eigenvalue weighted by Crippen LogP contribution is 2.38. The molecule has 0 aromatic heterocycles. The predicted octanol–water partition coefficient (Wildman–Crippen LogP) is 4.69. The Balaban J connectivity index is 1.93. The highest BCUT2D eigenvalue weighted by molar-refractivity contribution is 7.92. The average Bonchev–Trinajstić information content (AvgIpc) is 2.82. The van der Waals surface area contributed by atoms with E-state index in [2.05, 4.69) is 4.72 Å². The lowest BCUT2D eigenvalue weighted by molar-refractivity contribution is 0.324. The van der Waals surface area contributed by atoms with Crippen molar-refractivity contribution in [3.8, 4) is 23.0 Å². The standard InChI is InChI=1S/C24H25NO6S/c1-28-21-13-12-17(14-20(21)25-32(26,27)19-8-6-5-7-9-19)10-11-18-15-22(29-2)24(31-4)23(16-18)30-3/h5-16,25H,1-4H3. The lowest BCUT2D eigenvalue weighted by atomic mass is 10.1. The summed E-state index contributed by atoms with van der Waals surface area (Å²) in [6, 6.07) is 17.0. The Hall–Kier alpha value is -3.65. The van der Waals surface area contributed by atoms with Crippen LogP contribution in [0.25, 0.3) is 12.2 Å². The normalized spacial score (nSPS) is 11.2. The van der Waals surface area contributed by atoms with E-state index >= 15 is 0 Å². The van der Waals surface area contributed by atoms with Crippen LogP contribution in [0, 0.1) is 0 Å². The van der Waals surface area contributed by atoms with Gasteiger partial charge >= 0.3 is 0 Å². The lowest BCUT2D eigenvalue weighted by Gasteiger charge is -2.13. The number of rotatable bonds is 9. The van der Waals surface area contributed by atoms with Crippen LogP contribution in [-0.2, 0) is 10.0 Å². The maximum absolute atomic E-state index is 12.7. The van der Waals surface area contributed by atoms with Crippen molar-refractivity contribution in [2.24, 2.45) is 0 Å². The first kappa shape index (κ1) is 23.0. The van der Waals surface area contributed by atoms with E-state index in [-0.39, 0.29) is 4.90 Å². The molecule has 0 aliphatic heterocycles. The molecular formula is C24H25NO6S.